The highest BCUT2D eigenvalue weighted by molar-refractivity contribution is 5.60. The predicted octanol–water partition coefficient (Wildman–Crippen LogP) is 5.22. The molecule has 4 saturated carbocycles. The number of hydrogen-bond donors (Lipinski definition) is 1. The summed E-state index contributed by atoms with van der Waals surface area (Å²) in [4.78, 5) is 1.89. The summed E-state index contributed by atoms with van der Waals surface area (Å²) in [7, 11) is 0. The third-order valence-corrected chi connectivity index (χ3v) is 8.08. The topological polar surface area (TPSA) is 42.7 Å². The first-order chi connectivity index (χ1) is 15.2. The average molecular weight is 413 g/mol. The standard InChI is InChI=1S/C27H32N4/c1-18-7-5-6-10-22(18)17-31-29-25(27(30-31)21-8-3-2-4-9-21)16-28-26-23-12-19-11-20(14-23)15-24(26)13-19/h2-10,19-20,23-24,26,28H,11-17H2,1H3. The van der Waals surface area contributed by atoms with Crippen molar-refractivity contribution in [3.05, 3.63) is 71.4 Å². The zero-order chi connectivity index (χ0) is 20.8. The molecule has 31 heavy (non-hydrogen) atoms. The molecule has 160 valence electrons. The molecule has 2 aromatic carbocycles. The molecule has 1 N–H and O–H groups in total. The molecule has 4 aliphatic rings. The first kappa shape index (κ1) is 19.2. The minimum atomic E-state index is 0.665. The Kier molecular flexibility index (Phi) is 4.91. The molecule has 1 heterocycles. The van der Waals surface area contributed by atoms with Crippen LogP contribution < -0.4 is 5.32 Å². The smallest absolute Gasteiger partial charge is 0.117 e. The van der Waals surface area contributed by atoms with E-state index in [0.29, 0.717) is 12.6 Å². The minimum absolute atomic E-state index is 0.665. The fourth-order valence-corrected chi connectivity index (χ4v) is 6.81. The van der Waals surface area contributed by atoms with Gasteiger partial charge in [-0.1, -0.05) is 54.6 Å². The Balaban J connectivity index is 1.25. The van der Waals surface area contributed by atoms with E-state index in [2.05, 4.69) is 66.8 Å². The fraction of sp³-hybridized carbons (Fsp3) is 0.481. The molecule has 4 fully saturated rings. The number of aryl methyl sites for hydroxylation is 1. The van der Waals surface area contributed by atoms with E-state index < -0.39 is 0 Å². The van der Waals surface area contributed by atoms with Gasteiger partial charge in [0.05, 0.1) is 6.54 Å². The van der Waals surface area contributed by atoms with Gasteiger partial charge in [-0.3, -0.25) is 0 Å². The number of rotatable bonds is 6. The largest absolute Gasteiger partial charge is 0.308 e. The molecule has 4 bridgehead atoms. The molecule has 0 radical (unpaired) electrons. The molecular weight excluding hydrogens is 380 g/mol. The van der Waals surface area contributed by atoms with Crippen LogP contribution in [0.4, 0.5) is 0 Å². The third kappa shape index (κ3) is 3.71. The van der Waals surface area contributed by atoms with Crippen LogP contribution in [-0.2, 0) is 13.1 Å². The summed E-state index contributed by atoms with van der Waals surface area (Å²) in [5, 5.41) is 13.9. The molecule has 1 aromatic heterocycles. The first-order valence-electron chi connectivity index (χ1n) is 12.0. The highest BCUT2D eigenvalue weighted by Crippen LogP contribution is 2.53. The van der Waals surface area contributed by atoms with E-state index in [9.17, 15) is 0 Å². The maximum atomic E-state index is 4.97. The number of nitrogens with zero attached hydrogens (tertiary/aromatic N) is 3. The zero-order valence-corrected chi connectivity index (χ0v) is 18.4. The van der Waals surface area contributed by atoms with Gasteiger partial charge in [-0.2, -0.15) is 15.0 Å². The number of benzene rings is 2. The molecule has 0 atom stereocenters. The quantitative estimate of drug-likeness (QED) is 0.604. The molecule has 0 saturated heterocycles. The van der Waals surface area contributed by atoms with Crippen molar-refractivity contribution in [3.63, 3.8) is 0 Å². The number of nitrogens with one attached hydrogen (secondary N) is 1. The Morgan fingerprint density at radius 1 is 0.839 bits per heavy atom. The summed E-state index contributed by atoms with van der Waals surface area (Å²) < 4.78 is 0. The molecule has 7 rings (SSSR count). The molecule has 0 aliphatic heterocycles. The van der Waals surface area contributed by atoms with Gasteiger partial charge in [0, 0.05) is 18.2 Å². The molecule has 0 amide bonds. The van der Waals surface area contributed by atoms with Crippen LogP contribution in [-0.4, -0.2) is 21.0 Å². The molecule has 4 nitrogen and oxygen atoms in total. The van der Waals surface area contributed by atoms with Gasteiger partial charge in [0.25, 0.3) is 0 Å². The van der Waals surface area contributed by atoms with Crippen molar-refractivity contribution in [2.45, 2.75) is 58.2 Å². The fourth-order valence-electron chi connectivity index (χ4n) is 6.81. The van der Waals surface area contributed by atoms with Crippen molar-refractivity contribution in [1.29, 1.82) is 0 Å². The normalized spacial score (nSPS) is 28.9. The van der Waals surface area contributed by atoms with Crippen molar-refractivity contribution in [1.82, 2.24) is 20.3 Å². The van der Waals surface area contributed by atoms with Gasteiger partial charge in [-0.05, 0) is 73.8 Å². The van der Waals surface area contributed by atoms with Gasteiger partial charge in [0.2, 0.25) is 0 Å². The zero-order valence-electron chi connectivity index (χ0n) is 18.4. The Labute approximate surface area is 185 Å². The summed E-state index contributed by atoms with van der Waals surface area (Å²) in [6, 6.07) is 19.7. The predicted molar refractivity (Wildman–Crippen MR) is 123 cm³/mol. The van der Waals surface area contributed by atoms with Crippen LogP contribution in [0.5, 0.6) is 0 Å². The second kappa shape index (κ2) is 7.90. The maximum absolute atomic E-state index is 4.97. The van der Waals surface area contributed by atoms with Crippen LogP contribution in [0.2, 0.25) is 0 Å². The van der Waals surface area contributed by atoms with Crippen molar-refractivity contribution >= 4 is 0 Å². The number of aromatic nitrogens is 3. The summed E-state index contributed by atoms with van der Waals surface area (Å²) >= 11 is 0. The number of hydrogen-bond acceptors (Lipinski definition) is 3. The molecular formula is C27H32N4. The second-order valence-corrected chi connectivity index (χ2v) is 10.2. The highest BCUT2D eigenvalue weighted by Gasteiger charge is 2.47. The SMILES string of the molecule is Cc1ccccc1Cn1nc(CNC2C3CC4CC(C3)CC2C4)c(-c2ccccc2)n1. The van der Waals surface area contributed by atoms with E-state index in [-0.39, 0.29) is 0 Å². The Bertz CT molecular complexity index is 1030. The summed E-state index contributed by atoms with van der Waals surface area (Å²) in [5.41, 5.74) is 5.81. The lowest BCUT2D eigenvalue weighted by atomic mass is 9.54. The lowest BCUT2D eigenvalue weighted by Crippen LogP contribution is -2.54. The van der Waals surface area contributed by atoms with Crippen molar-refractivity contribution < 1.29 is 0 Å². The van der Waals surface area contributed by atoms with Gasteiger partial charge in [-0.15, -0.1) is 0 Å². The molecule has 0 spiro atoms. The van der Waals surface area contributed by atoms with Crippen LogP contribution in [0.3, 0.4) is 0 Å². The minimum Gasteiger partial charge on any atom is -0.308 e. The summed E-state index contributed by atoms with van der Waals surface area (Å²) in [6.45, 7) is 3.68. The molecule has 0 unspecified atom stereocenters. The molecule has 4 heteroatoms. The first-order valence-corrected chi connectivity index (χ1v) is 12.0. The van der Waals surface area contributed by atoms with Crippen molar-refractivity contribution in [2.24, 2.45) is 23.7 Å². The van der Waals surface area contributed by atoms with E-state index in [1.54, 1.807) is 0 Å². The lowest BCUT2D eigenvalue weighted by Gasteiger charge is -2.54. The van der Waals surface area contributed by atoms with Gasteiger partial charge in [0.15, 0.2) is 0 Å². The van der Waals surface area contributed by atoms with Crippen LogP contribution in [0.15, 0.2) is 54.6 Å². The van der Waals surface area contributed by atoms with E-state index in [1.165, 1.54) is 43.2 Å². The van der Waals surface area contributed by atoms with E-state index in [1.807, 2.05) is 4.80 Å². The monoisotopic (exact) mass is 412 g/mol. The van der Waals surface area contributed by atoms with Gasteiger partial charge < -0.3 is 5.32 Å². The van der Waals surface area contributed by atoms with E-state index >= 15 is 0 Å². The van der Waals surface area contributed by atoms with Crippen molar-refractivity contribution in [3.8, 4) is 11.3 Å². The van der Waals surface area contributed by atoms with Gasteiger partial charge in [0.1, 0.15) is 11.4 Å². The average Bonchev–Trinajstić information content (AvgIpc) is 3.18. The van der Waals surface area contributed by atoms with Gasteiger partial charge >= 0.3 is 0 Å². The van der Waals surface area contributed by atoms with E-state index in [4.69, 9.17) is 10.2 Å². The van der Waals surface area contributed by atoms with Crippen LogP contribution in [0, 0.1) is 30.6 Å². The molecule has 4 aliphatic carbocycles. The summed E-state index contributed by atoms with van der Waals surface area (Å²) in [6.07, 6.45) is 7.27. The second-order valence-electron chi connectivity index (χ2n) is 10.2. The highest BCUT2D eigenvalue weighted by atomic mass is 15.5. The lowest BCUT2D eigenvalue weighted by molar-refractivity contribution is -0.0143. The van der Waals surface area contributed by atoms with Crippen LogP contribution in [0.1, 0.15) is 48.9 Å². The Hall–Kier alpha value is -2.46. The van der Waals surface area contributed by atoms with E-state index in [0.717, 1.165) is 47.2 Å². The van der Waals surface area contributed by atoms with Crippen LogP contribution in [0.25, 0.3) is 11.3 Å². The van der Waals surface area contributed by atoms with Crippen molar-refractivity contribution in [2.75, 3.05) is 0 Å². The Morgan fingerprint density at radius 3 is 2.23 bits per heavy atom. The van der Waals surface area contributed by atoms with Gasteiger partial charge in [-0.25, -0.2) is 0 Å². The maximum Gasteiger partial charge on any atom is 0.117 e. The third-order valence-electron chi connectivity index (χ3n) is 8.08. The molecule has 3 aromatic rings. The Morgan fingerprint density at radius 2 is 1.52 bits per heavy atom. The summed E-state index contributed by atoms with van der Waals surface area (Å²) in [5.74, 6) is 3.77. The van der Waals surface area contributed by atoms with Crippen LogP contribution >= 0.6 is 0 Å².